The number of amides is 3. The third-order valence-electron chi connectivity index (χ3n) is 5.58. The molecule has 2 saturated heterocycles. The molecule has 6 nitrogen and oxygen atoms in total. The number of hydrogen-bond donors (Lipinski definition) is 1. The van der Waals surface area contributed by atoms with Gasteiger partial charge in [-0.05, 0) is 44.7 Å². The fraction of sp³-hybridized carbons (Fsp3) is 0.684. The van der Waals surface area contributed by atoms with Crippen molar-refractivity contribution in [1.29, 1.82) is 0 Å². The summed E-state index contributed by atoms with van der Waals surface area (Å²) in [4.78, 5) is 28.9. The third kappa shape index (κ3) is 3.53. The van der Waals surface area contributed by atoms with Gasteiger partial charge in [0.05, 0.1) is 12.1 Å². The molecule has 1 aromatic rings. The minimum absolute atomic E-state index is 0.00663. The zero-order valence-electron chi connectivity index (χ0n) is 14.9. The third-order valence-corrected chi connectivity index (χ3v) is 5.58. The van der Waals surface area contributed by atoms with Crippen LogP contribution in [0.25, 0.3) is 0 Å². The van der Waals surface area contributed by atoms with E-state index in [1.165, 1.54) is 0 Å². The maximum Gasteiger partial charge on any atom is 0.318 e. The van der Waals surface area contributed by atoms with Crippen LogP contribution in [0.2, 0.25) is 0 Å². The van der Waals surface area contributed by atoms with Gasteiger partial charge in [-0.25, -0.2) is 4.79 Å². The first-order valence-corrected chi connectivity index (χ1v) is 9.55. The molecule has 0 spiro atoms. The molecule has 2 atom stereocenters. The molecule has 136 valence electrons. The van der Waals surface area contributed by atoms with E-state index in [2.05, 4.69) is 5.32 Å². The van der Waals surface area contributed by atoms with Crippen molar-refractivity contribution in [2.45, 2.75) is 70.0 Å². The Morgan fingerprint density at radius 2 is 2.04 bits per heavy atom. The van der Waals surface area contributed by atoms with E-state index in [1.807, 2.05) is 28.9 Å². The molecule has 1 N–H and O–H groups in total. The van der Waals surface area contributed by atoms with Crippen LogP contribution in [0, 0.1) is 6.92 Å². The van der Waals surface area contributed by atoms with Gasteiger partial charge >= 0.3 is 6.03 Å². The second-order valence-electron chi connectivity index (χ2n) is 7.63. The molecular weight excluding hydrogens is 318 g/mol. The maximum absolute atomic E-state index is 12.9. The van der Waals surface area contributed by atoms with Crippen molar-refractivity contribution >= 4 is 11.9 Å². The molecule has 0 bridgehead atoms. The van der Waals surface area contributed by atoms with Crippen molar-refractivity contribution in [3.63, 3.8) is 0 Å². The van der Waals surface area contributed by atoms with E-state index >= 15 is 0 Å². The molecule has 0 aromatic carbocycles. The van der Waals surface area contributed by atoms with Gasteiger partial charge in [0, 0.05) is 25.6 Å². The molecule has 6 heteroatoms. The molecule has 25 heavy (non-hydrogen) atoms. The van der Waals surface area contributed by atoms with Gasteiger partial charge in [-0.2, -0.15) is 0 Å². The van der Waals surface area contributed by atoms with Crippen molar-refractivity contribution in [3.8, 4) is 0 Å². The number of nitrogens with one attached hydrogen (secondary N) is 1. The fourth-order valence-electron chi connectivity index (χ4n) is 4.10. The van der Waals surface area contributed by atoms with Crippen LogP contribution in [0.5, 0.6) is 0 Å². The molecule has 0 unspecified atom stereocenters. The molecule has 1 saturated carbocycles. The lowest BCUT2D eigenvalue weighted by Gasteiger charge is -2.30. The van der Waals surface area contributed by atoms with Crippen molar-refractivity contribution in [2.75, 3.05) is 13.1 Å². The molecule has 3 heterocycles. The van der Waals surface area contributed by atoms with Crippen molar-refractivity contribution in [1.82, 2.24) is 15.1 Å². The summed E-state index contributed by atoms with van der Waals surface area (Å²) in [5.41, 5.74) is 0. The van der Waals surface area contributed by atoms with Gasteiger partial charge in [0.1, 0.15) is 11.5 Å². The van der Waals surface area contributed by atoms with Gasteiger partial charge in [0.25, 0.3) is 0 Å². The molecule has 3 aliphatic rings. The lowest BCUT2D eigenvalue weighted by Crippen LogP contribution is -2.47. The molecular formula is C19H27N3O3. The molecule has 4 rings (SSSR count). The number of aryl methyl sites for hydroxylation is 1. The second kappa shape index (κ2) is 6.73. The molecule has 3 amide bonds. The highest BCUT2D eigenvalue weighted by atomic mass is 16.3. The van der Waals surface area contributed by atoms with Crippen molar-refractivity contribution < 1.29 is 14.0 Å². The largest absolute Gasteiger partial charge is 0.464 e. The summed E-state index contributed by atoms with van der Waals surface area (Å²) < 4.78 is 5.82. The standard InChI is InChI=1S/C19H27N3O3/c1-13-6-9-17(25-13)16-5-3-2-4-10-21(16)19(24)20-14-11-18(23)22(12-14)15-7-8-15/h6,9,14-16H,2-5,7-8,10-12H2,1H3,(H,20,24)/t14-,16-/m1/s1. The normalized spacial score (nSPS) is 27.5. The molecule has 1 aromatic heterocycles. The van der Waals surface area contributed by atoms with Crippen LogP contribution < -0.4 is 5.32 Å². The Morgan fingerprint density at radius 3 is 2.76 bits per heavy atom. The molecule has 2 aliphatic heterocycles. The van der Waals surface area contributed by atoms with Gasteiger partial charge in [0.2, 0.25) is 5.91 Å². The Hall–Kier alpha value is -1.98. The summed E-state index contributed by atoms with van der Waals surface area (Å²) >= 11 is 0. The van der Waals surface area contributed by atoms with Gasteiger partial charge in [0.15, 0.2) is 0 Å². The lowest BCUT2D eigenvalue weighted by atomic mass is 10.1. The van der Waals surface area contributed by atoms with Gasteiger partial charge in [-0.3, -0.25) is 4.79 Å². The Kier molecular flexibility index (Phi) is 4.44. The van der Waals surface area contributed by atoms with E-state index in [4.69, 9.17) is 4.42 Å². The van der Waals surface area contributed by atoms with Crippen LogP contribution in [-0.2, 0) is 4.79 Å². The van der Waals surface area contributed by atoms with Gasteiger partial charge in [-0.1, -0.05) is 12.8 Å². The average molecular weight is 345 g/mol. The monoisotopic (exact) mass is 345 g/mol. The highest BCUT2D eigenvalue weighted by molar-refractivity contribution is 5.82. The topological polar surface area (TPSA) is 65.8 Å². The Labute approximate surface area is 148 Å². The number of urea groups is 1. The first-order chi connectivity index (χ1) is 12.1. The smallest absolute Gasteiger partial charge is 0.318 e. The Balaban J connectivity index is 1.44. The zero-order chi connectivity index (χ0) is 17.4. The minimum Gasteiger partial charge on any atom is -0.464 e. The summed E-state index contributed by atoms with van der Waals surface area (Å²) in [5, 5.41) is 3.11. The first kappa shape index (κ1) is 16.5. The number of carbonyl (C=O) groups is 2. The molecule has 1 aliphatic carbocycles. The highest BCUT2D eigenvalue weighted by Crippen LogP contribution is 2.33. The number of rotatable bonds is 3. The Bertz CT molecular complexity index is 652. The number of hydrogen-bond acceptors (Lipinski definition) is 3. The minimum atomic E-state index is -0.0668. The summed E-state index contributed by atoms with van der Waals surface area (Å²) in [6.45, 7) is 3.33. The quantitative estimate of drug-likeness (QED) is 0.916. The summed E-state index contributed by atoms with van der Waals surface area (Å²) in [7, 11) is 0. The van der Waals surface area contributed by atoms with Crippen LogP contribution in [-0.4, -0.2) is 46.9 Å². The van der Waals surface area contributed by atoms with E-state index in [1.54, 1.807) is 0 Å². The molecule has 3 fully saturated rings. The predicted octanol–water partition coefficient (Wildman–Crippen LogP) is 2.98. The van der Waals surface area contributed by atoms with E-state index in [-0.39, 0.29) is 24.0 Å². The van der Waals surface area contributed by atoms with Crippen LogP contribution in [0.15, 0.2) is 16.5 Å². The predicted molar refractivity (Wildman–Crippen MR) is 93.0 cm³/mol. The van der Waals surface area contributed by atoms with Crippen LogP contribution in [0.3, 0.4) is 0 Å². The van der Waals surface area contributed by atoms with E-state index in [0.29, 0.717) is 19.0 Å². The van der Waals surface area contributed by atoms with E-state index in [9.17, 15) is 9.59 Å². The summed E-state index contributed by atoms with van der Waals surface area (Å²) in [6.07, 6.45) is 6.83. The number of nitrogens with zero attached hydrogens (tertiary/aromatic N) is 2. The number of furan rings is 1. The Morgan fingerprint density at radius 1 is 1.20 bits per heavy atom. The average Bonchev–Trinajstić information content (AvgIpc) is 3.30. The van der Waals surface area contributed by atoms with E-state index < -0.39 is 0 Å². The second-order valence-corrected chi connectivity index (χ2v) is 7.63. The van der Waals surface area contributed by atoms with Crippen LogP contribution in [0.1, 0.15) is 62.5 Å². The van der Waals surface area contributed by atoms with Crippen LogP contribution in [0.4, 0.5) is 4.79 Å². The van der Waals surface area contributed by atoms with Gasteiger partial charge in [-0.15, -0.1) is 0 Å². The van der Waals surface area contributed by atoms with Gasteiger partial charge < -0.3 is 19.5 Å². The van der Waals surface area contributed by atoms with E-state index in [0.717, 1.165) is 56.6 Å². The van der Waals surface area contributed by atoms with Crippen LogP contribution >= 0.6 is 0 Å². The fourth-order valence-corrected chi connectivity index (χ4v) is 4.10. The zero-order valence-corrected chi connectivity index (χ0v) is 14.9. The lowest BCUT2D eigenvalue weighted by molar-refractivity contribution is -0.128. The van der Waals surface area contributed by atoms with Crippen molar-refractivity contribution in [2.24, 2.45) is 0 Å². The maximum atomic E-state index is 12.9. The first-order valence-electron chi connectivity index (χ1n) is 9.55. The number of carbonyl (C=O) groups excluding carboxylic acids is 2. The molecule has 0 radical (unpaired) electrons. The summed E-state index contributed by atoms with van der Waals surface area (Å²) in [6, 6.07) is 4.23. The summed E-state index contributed by atoms with van der Waals surface area (Å²) in [5.74, 6) is 1.93. The van der Waals surface area contributed by atoms with Crippen molar-refractivity contribution in [3.05, 3.63) is 23.7 Å². The SMILES string of the molecule is Cc1ccc([C@H]2CCCCCN2C(=O)N[C@@H]2CC(=O)N(C3CC3)C2)o1. The number of likely N-dealkylation sites (tertiary alicyclic amines) is 2. The highest BCUT2D eigenvalue weighted by Gasteiger charge is 2.40.